The molecule has 3 aliphatic heterocycles. The second-order valence-corrected chi connectivity index (χ2v) is 10.1. The molecule has 0 radical (unpaired) electrons. The van der Waals surface area contributed by atoms with E-state index in [1.807, 2.05) is 12.1 Å². The van der Waals surface area contributed by atoms with E-state index in [2.05, 4.69) is 18.0 Å². The SMILES string of the molecule is COc1ccc2c3c1O[C@H]1C(OC(=O)N4CCC(C(=O)O)CC4)=CC[C@H]4[C@@H](C2)N(C)CC[C@]314. The van der Waals surface area contributed by atoms with Crippen molar-refractivity contribution in [1.29, 1.82) is 0 Å². The standard InChI is InChI=1S/C25H30N2O6/c1-26-12-9-25-16-4-6-19(32-24(30)27-10-7-14(8-11-27)23(28)29)22(25)33-21-18(31-2)5-3-15(20(21)25)13-17(16)26/h3,5-6,14,16-17,22H,4,7-13H2,1-2H3,(H,28,29)/t16-,17+,22-,25-/m0/s1. The van der Waals surface area contributed by atoms with Gasteiger partial charge in [0.15, 0.2) is 17.6 Å². The monoisotopic (exact) mass is 454 g/mol. The summed E-state index contributed by atoms with van der Waals surface area (Å²) in [7, 11) is 3.87. The van der Waals surface area contributed by atoms with E-state index >= 15 is 0 Å². The largest absolute Gasteiger partial charge is 0.493 e. The second-order valence-electron chi connectivity index (χ2n) is 10.1. The summed E-state index contributed by atoms with van der Waals surface area (Å²) in [5.74, 6) is 1.34. The molecule has 1 N–H and O–H groups in total. The molecule has 2 saturated heterocycles. The van der Waals surface area contributed by atoms with Crippen LogP contribution in [0.1, 0.15) is 36.8 Å². The lowest BCUT2D eigenvalue weighted by Gasteiger charge is -2.56. The van der Waals surface area contributed by atoms with Gasteiger partial charge in [0.1, 0.15) is 5.76 Å². The molecule has 8 nitrogen and oxygen atoms in total. The Balaban J connectivity index is 1.32. The molecule has 176 valence electrons. The second kappa shape index (κ2) is 7.38. The third kappa shape index (κ3) is 2.86. The summed E-state index contributed by atoms with van der Waals surface area (Å²) in [5, 5.41) is 9.24. The summed E-state index contributed by atoms with van der Waals surface area (Å²) in [5.41, 5.74) is 2.35. The first-order valence-electron chi connectivity index (χ1n) is 11.9. The van der Waals surface area contributed by atoms with Crippen molar-refractivity contribution in [1.82, 2.24) is 9.80 Å². The van der Waals surface area contributed by atoms with Gasteiger partial charge in [0.2, 0.25) is 0 Å². The molecule has 1 aromatic carbocycles. The van der Waals surface area contributed by atoms with Gasteiger partial charge in [-0.05, 0) is 69.3 Å². The summed E-state index contributed by atoms with van der Waals surface area (Å²) >= 11 is 0. The van der Waals surface area contributed by atoms with Gasteiger partial charge in [-0.3, -0.25) is 4.79 Å². The molecule has 33 heavy (non-hydrogen) atoms. The number of carbonyl (C=O) groups excluding carboxylic acids is 1. The maximum absolute atomic E-state index is 13.0. The number of piperidine rings is 2. The normalized spacial score (nSPS) is 32.5. The molecule has 0 aromatic heterocycles. The van der Waals surface area contributed by atoms with Crippen LogP contribution in [-0.4, -0.2) is 72.9 Å². The van der Waals surface area contributed by atoms with E-state index in [1.54, 1.807) is 12.0 Å². The Kier molecular flexibility index (Phi) is 4.66. The highest BCUT2D eigenvalue weighted by Crippen LogP contribution is 2.63. The summed E-state index contributed by atoms with van der Waals surface area (Å²) in [6.07, 6.45) is 4.98. The maximum Gasteiger partial charge on any atom is 0.415 e. The van der Waals surface area contributed by atoms with Gasteiger partial charge in [-0.15, -0.1) is 0 Å². The van der Waals surface area contributed by atoms with Crippen molar-refractivity contribution >= 4 is 12.1 Å². The molecule has 1 spiro atoms. The predicted octanol–water partition coefficient (Wildman–Crippen LogP) is 2.79. The fourth-order valence-corrected chi connectivity index (χ4v) is 7.04. The molecule has 2 bridgehead atoms. The van der Waals surface area contributed by atoms with Crippen LogP contribution in [0, 0.1) is 11.8 Å². The van der Waals surface area contributed by atoms with Crippen molar-refractivity contribution in [3.63, 3.8) is 0 Å². The highest BCUT2D eigenvalue weighted by Gasteiger charge is 2.64. The lowest BCUT2D eigenvalue weighted by molar-refractivity contribution is -0.143. The number of aliphatic carboxylic acids is 1. The van der Waals surface area contributed by atoms with Gasteiger partial charge < -0.3 is 29.1 Å². The molecule has 6 rings (SSSR count). The van der Waals surface area contributed by atoms with Crippen LogP contribution in [0.15, 0.2) is 24.0 Å². The van der Waals surface area contributed by atoms with Gasteiger partial charge in [0.25, 0.3) is 0 Å². The van der Waals surface area contributed by atoms with Crippen molar-refractivity contribution in [2.75, 3.05) is 33.8 Å². The van der Waals surface area contributed by atoms with Crippen LogP contribution in [0.5, 0.6) is 11.5 Å². The zero-order valence-electron chi connectivity index (χ0n) is 19.1. The van der Waals surface area contributed by atoms with Gasteiger partial charge in [-0.2, -0.15) is 0 Å². The number of benzene rings is 1. The van der Waals surface area contributed by atoms with Crippen molar-refractivity contribution in [3.05, 3.63) is 35.1 Å². The topological polar surface area (TPSA) is 88.5 Å². The van der Waals surface area contributed by atoms with Crippen LogP contribution in [0.25, 0.3) is 0 Å². The Morgan fingerprint density at radius 1 is 1.21 bits per heavy atom. The van der Waals surface area contributed by atoms with Gasteiger partial charge in [0.05, 0.1) is 13.0 Å². The van der Waals surface area contributed by atoms with Gasteiger partial charge in [-0.25, -0.2) is 4.79 Å². The van der Waals surface area contributed by atoms with Crippen LogP contribution in [0.4, 0.5) is 4.79 Å². The van der Waals surface area contributed by atoms with Crippen LogP contribution in [-0.2, 0) is 21.4 Å². The quantitative estimate of drug-likeness (QED) is 0.751. The summed E-state index contributed by atoms with van der Waals surface area (Å²) in [4.78, 5) is 28.4. The number of carbonyl (C=O) groups is 2. The third-order valence-corrected chi connectivity index (χ3v) is 8.74. The molecular weight excluding hydrogens is 424 g/mol. The minimum atomic E-state index is -0.792. The third-order valence-electron chi connectivity index (χ3n) is 8.74. The van der Waals surface area contributed by atoms with Crippen LogP contribution < -0.4 is 9.47 Å². The average molecular weight is 455 g/mol. The van der Waals surface area contributed by atoms with E-state index in [-0.39, 0.29) is 17.4 Å². The lowest BCUT2D eigenvalue weighted by Crippen LogP contribution is -2.63. The Morgan fingerprint density at radius 3 is 2.73 bits per heavy atom. The smallest absolute Gasteiger partial charge is 0.415 e. The van der Waals surface area contributed by atoms with E-state index in [4.69, 9.17) is 14.2 Å². The van der Waals surface area contributed by atoms with E-state index in [0.29, 0.717) is 43.7 Å². The number of ether oxygens (including phenoxy) is 3. The predicted molar refractivity (Wildman–Crippen MR) is 118 cm³/mol. The Labute approximate surface area is 193 Å². The first kappa shape index (κ1) is 20.8. The molecule has 1 aromatic rings. The molecule has 5 aliphatic rings. The maximum atomic E-state index is 13.0. The number of carboxylic acid groups (broad SMARTS) is 1. The number of likely N-dealkylation sites (tertiary alicyclic amines) is 2. The molecule has 4 atom stereocenters. The van der Waals surface area contributed by atoms with Crippen molar-refractivity contribution in [2.24, 2.45) is 11.8 Å². The molecule has 3 heterocycles. The number of likely N-dealkylation sites (N-methyl/N-ethyl adjacent to an activating group) is 1. The first-order chi connectivity index (χ1) is 15.9. The van der Waals surface area contributed by atoms with E-state index < -0.39 is 12.1 Å². The Hall–Kier alpha value is -2.74. The van der Waals surface area contributed by atoms with E-state index in [1.165, 1.54) is 11.1 Å². The molecule has 2 aliphatic carbocycles. The van der Waals surface area contributed by atoms with Crippen molar-refractivity contribution in [3.8, 4) is 11.5 Å². The van der Waals surface area contributed by atoms with Crippen LogP contribution in [0.2, 0.25) is 0 Å². The Bertz CT molecular complexity index is 1050. The number of hydrogen-bond acceptors (Lipinski definition) is 6. The lowest BCUT2D eigenvalue weighted by atomic mass is 9.53. The molecule has 8 heteroatoms. The average Bonchev–Trinajstić information content (AvgIpc) is 3.17. The number of carboxylic acids is 1. The van der Waals surface area contributed by atoms with Crippen molar-refractivity contribution < 1.29 is 28.9 Å². The fraction of sp³-hybridized carbons (Fsp3) is 0.600. The van der Waals surface area contributed by atoms with Crippen LogP contribution in [0.3, 0.4) is 0 Å². The molecule has 0 saturated carbocycles. The highest BCUT2D eigenvalue weighted by molar-refractivity contribution is 5.72. The minimum Gasteiger partial charge on any atom is -0.493 e. The number of rotatable bonds is 3. The summed E-state index contributed by atoms with van der Waals surface area (Å²) in [6.45, 7) is 1.77. The van der Waals surface area contributed by atoms with Gasteiger partial charge in [0, 0.05) is 30.1 Å². The zero-order chi connectivity index (χ0) is 22.9. The zero-order valence-corrected chi connectivity index (χ0v) is 19.1. The number of methoxy groups -OCH3 is 1. The minimum absolute atomic E-state index is 0.213. The summed E-state index contributed by atoms with van der Waals surface area (Å²) in [6, 6.07) is 4.59. The Morgan fingerprint density at radius 2 is 2.00 bits per heavy atom. The van der Waals surface area contributed by atoms with Crippen molar-refractivity contribution in [2.45, 2.75) is 49.7 Å². The van der Waals surface area contributed by atoms with E-state index in [0.717, 1.165) is 37.3 Å². The molecular formula is C25H30N2O6. The van der Waals surface area contributed by atoms with E-state index in [9.17, 15) is 14.7 Å². The first-order valence-corrected chi connectivity index (χ1v) is 11.9. The molecule has 0 unspecified atom stereocenters. The van der Waals surface area contributed by atoms with Crippen LogP contribution >= 0.6 is 0 Å². The van der Waals surface area contributed by atoms with Gasteiger partial charge >= 0.3 is 12.1 Å². The molecule has 1 amide bonds. The molecule has 2 fully saturated rings. The summed E-state index contributed by atoms with van der Waals surface area (Å²) < 4.78 is 18.2. The highest BCUT2D eigenvalue weighted by atomic mass is 16.6. The number of allylic oxidation sites excluding steroid dienone is 1. The number of amides is 1. The fourth-order valence-electron chi connectivity index (χ4n) is 7.04. The van der Waals surface area contributed by atoms with Gasteiger partial charge in [-0.1, -0.05) is 6.07 Å². The number of hydrogen-bond donors (Lipinski definition) is 1. The number of nitrogens with zero attached hydrogens (tertiary/aromatic N) is 2.